The third-order valence-electron chi connectivity index (χ3n) is 5.59. The predicted octanol–water partition coefficient (Wildman–Crippen LogP) is 3.13. The molecular formula is C24H30N2O6S. The number of sulfonamides is 1. The standard InChI is InChI=1S/C24H30N2O6S/c1-15-12-17(3)22(18(4)13-15)25-23(27)19(5)32-24(28)20-7-6-16(2)21(14-20)33(29,30)26-8-10-31-11-9-26/h6-7,12-14,19H,8-11H2,1-5H3,(H,25,27). The highest BCUT2D eigenvalue weighted by Crippen LogP contribution is 2.24. The molecule has 0 radical (unpaired) electrons. The number of hydrogen-bond donors (Lipinski definition) is 1. The summed E-state index contributed by atoms with van der Waals surface area (Å²) in [5.74, 6) is -1.24. The van der Waals surface area contributed by atoms with Crippen LogP contribution >= 0.6 is 0 Å². The number of carbonyl (C=O) groups excluding carboxylic acids is 2. The lowest BCUT2D eigenvalue weighted by molar-refractivity contribution is -0.123. The first-order chi connectivity index (χ1) is 15.5. The van der Waals surface area contributed by atoms with Crippen molar-refractivity contribution >= 4 is 27.6 Å². The van der Waals surface area contributed by atoms with Crippen molar-refractivity contribution < 1.29 is 27.5 Å². The zero-order chi connectivity index (χ0) is 24.3. The predicted molar refractivity (Wildman–Crippen MR) is 125 cm³/mol. The lowest BCUT2D eigenvalue weighted by Gasteiger charge is -2.26. The molecule has 0 spiro atoms. The normalized spacial score (nSPS) is 15.7. The second-order valence-corrected chi connectivity index (χ2v) is 10.2. The van der Waals surface area contributed by atoms with Gasteiger partial charge in [-0.05, 0) is 63.4 Å². The van der Waals surface area contributed by atoms with Crippen molar-refractivity contribution in [2.45, 2.75) is 45.6 Å². The second kappa shape index (κ2) is 10.0. The number of carbonyl (C=O) groups is 2. The van der Waals surface area contributed by atoms with Crippen molar-refractivity contribution in [3.63, 3.8) is 0 Å². The van der Waals surface area contributed by atoms with Gasteiger partial charge in [-0.25, -0.2) is 13.2 Å². The Bertz CT molecular complexity index is 1150. The van der Waals surface area contributed by atoms with Crippen LogP contribution in [0, 0.1) is 27.7 Å². The first-order valence-corrected chi connectivity index (χ1v) is 12.2. The van der Waals surface area contributed by atoms with Crippen LogP contribution in [0.25, 0.3) is 0 Å². The van der Waals surface area contributed by atoms with E-state index in [0.29, 0.717) is 24.5 Å². The van der Waals surface area contributed by atoms with Crippen molar-refractivity contribution in [3.05, 3.63) is 58.1 Å². The molecule has 0 saturated carbocycles. The van der Waals surface area contributed by atoms with Crippen molar-refractivity contribution in [1.29, 1.82) is 0 Å². The van der Waals surface area contributed by atoms with E-state index in [-0.39, 0.29) is 23.5 Å². The molecular weight excluding hydrogens is 444 g/mol. The smallest absolute Gasteiger partial charge is 0.338 e. The van der Waals surface area contributed by atoms with E-state index >= 15 is 0 Å². The van der Waals surface area contributed by atoms with Crippen LogP contribution < -0.4 is 5.32 Å². The number of hydrogen-bond acceptors (Lipinski definition) is 6. The summed E-state index contributed by atoms with van der Waals surface area (Å²) in [5, 5.41) is 2.82. The molecule has 9 heteroatoms. The summed E-state index contributed by atoms with van der Waals surface area (Å²) in [6.45, 7) is 10.1. The summed E-state index contributed by atoms with van der Waals surface area (Å²) in [6.07, 6.45) is -1.07. The molecule has 1 amide bonds. The van der Waals surface area contributed by atoms with Crippen LogP contribution in [0.5, 0.6) is 0 Å². The third-order valence-corrected chi connectivity index (χ3v) is 7.63. The van der Waals surface area contributed by atoms with Crippen LogP contribution in [0.3, 0.4) is 0 Å². The molecule has 8 nitrogen and oxygen atoms in total. The van der Waals surface area contributed by atoms with Gasteiger partial charge in [0.05, 0.1) is 23.7 Å². The molecule has 1 aliphatic rings. The minimum atomic E-state index is -3.78. The number of aryl methyl sites for hydroxylation is 4. The van der Waals surface area contributed by atoms with Crippen LogP contribution in [0.2, 0.25) is 0 Å². The summed E-state index contributed by atoms with van der Waals surface area (Å²) in [5.41, 5.74) is 4.18. The number of amides is 1. The molecule has 178 valence electrons. The Morgan fingerprint density at radius 3 is 2.21 bits per heavy atom. The average molecular weight is 475 g/mol. The number of rotatable bonds is 6. The molecule has 0 aliphatic carbocycles. The number of esters is 1. The van der Waals surface area contributed by atoms with Crippen LogP contribution in [0.4, 0.5) is 5.69 Å². The zero-order valence-electron chi connectivity index (χ0n) is 19.6. The number of nitrogens with zero attached hydrogens (tertiary/aromatic N) is 1. The minimum absolute atomic E-state index is 0.0434. The van der Waals surface area contributed by atoms with E-state index in [9.17, 15) is 18.0 Å². The molecule has 0 bridgehead atoms. The second-order valence-electron chi connectivity index (χ2n) is 8.31. The van der Waals surface area contributed by atoms with E-state index < -0.39 is 28.0 Å². The first kappa shape index (κ1) is 24.9. The summed E-state index contributed by atoms with van der Waals surface area (Å²) in [4.78, 5) is 25.4. The maximum Gasteiger partial charge on any atom is 0.338 e. The average Bonchev–Trinajstić information content (AvgIpc) is 2.76. The SMILES string of the molecule is Cc1cc(C)c(NC(=O)C(C)OC(=O)c2ccc(C)c(S(=O)(=O)N3CCOCC3)c2)c(C)c1. The molecule has 33 heavy (non-hydrogen) atoms. The Balaban J connectivity index is 1.75. The molecule has 1 atom stereocenters. The summed E-state index contributed by atoms with van der Waals surface area (Å²) in [7, 11) is -3.78. The van der Waals surface area contributed by atoms with Gasteiger partial charge in [0, 0.05) is 18.8 Å². The lowest BCUT2D eigenvalue weighted by Crippen LogP contribution is -2.40. The van der Waals surface area contributed by atoms with Gasteiger partial charge in [0.2, 0.25) is 10.0 Å². The highest BCUT2D eigenvalue weighted by atomic mass is 32.2. The maximum absolute atomic E-state index is 13.1. The molecule has 3 rings (SSSR count). The van der Waals surface area contributed by atoms with E-state index in [1.165, 1.54) is 23.4 Å². The molecule has 1 saturated heterocycles. The van der Waals surface area contributed by atoms with Gasteiger partial charge < -0.3 is 14.8 Å². The van der Waals surface area contributed by atoms with Gasteiger partial charge in [0.1, 0.15) is 0 Å². The minimum Gasteiger partial charge on any atom is -0.449 e. The molecule has 1 unspecified atom stereocenters. The Hall–Kier alpha value is -2.75. The van der Waals surface area contributed by atoms with E-state index in [4.69, 9.17) is 9.47 Å². The highest BCUT2D eigenvalue weighted by molar-refractivity contribution is 7.89. The van der Waals surface area contributed by atoms with Crippen molar-refractivity contribution in [3.8, 4) is 0 Å². The molecule has 1 heterocycles. The summed E-state index contributed by atoms with van der Waals surface area (Å²) < 4.78 is 38.0. The van der Waals surface area contributed by atoms with Crippen LogP contribution in [-0.2, 0) is 24.3 Å². The van der Waals surface area contributed by atoms with Gasteiger partial charge in [-0.1, -0.05) is 23.8 Å². The fourth-order valence-electron chi connectivity index (χ4n) is 3.82. The molecule has 0 aromatic heterocycles. The molecule has 1 aliphatic heterocycles. The summed E-state index contributed by atoms with van der Waals surface area (Å²) in [6, 6.07) is 8.29. The largest absolute Gasteiger partial charge is 0.449 e. The van der Waals surface area contributed by atoms with Crippen LogP contribution in [0.1, 0.15) is 39.5 Å². The Morgan fingerprint density at radius 1 is 1.00 bits per heavy atom. The third kappa shape index (κ3) is 5.61. The Morgan fingerprint density at radius 2 is 1.61 bits per heavy atom. The van der Waals surface area contributed by atoms with E-state index in [1.54, 1.807) is 13.0 Å². The monoisotopic (exact) mass is 474 g/mol. The lowest BCUT2D eigenvalue weighted by atomic mass is 10.0. The quantitative estimate of drug-likeness (QED) is 0.646. The first-order valence-electron chi connectivity index (χ1n) is 10.8. The van der Waals surface area contributed by atoms with Gasteiger partial charge in [0.25, 0.3) is 5.91 Å². The maximum atomic E-state index is 13.1. The Labute approximate surface area is 194 Å². The molecule has 2 aromatic rings. The Kier molecular flexibility index (Phi) is 7.56. The van der Waals surface area contributed by atoms with Gasteiger partial charge in [-0.15, -0.1) is 0 Å². The topological polar surface area (TPSA) is 102 Å². The number of anilines is 1. The zero-order valence-corrected chi connectivity index (χ0v) is 20.4. The number of nitrogens with one attached hydrogen (secondary N) is 1. The highest BCUT2D eigenvalue weighted by Gasteiger charge is 2.29. The van der Waals surface area contributed by atoms with Gasteiger partial charge in [-0.3, -0.25) is 4.79 Å². The number of morpholine rings is 1. The van der Waals surface area contributed by atoms with Crippen molar-refractivity contribution in [1.82, 2.24) is 4.31 Å². The van der Waals surface area contributed by atoms with E-state index in [2.05, 4.69) is 5.32 Å². The fourth-order valence-corrected chi connectivity index (χ4v) is 5.47. The number of benzene rings is 2. The van der Waals surface area contributed by atoms with E-state index in [0.717, 1.165) is 16.7 Å². The van der Waals surface area contributed by atoms with Crippen molar-refractivity contribution in [2.75, 3.05) is 31.6 Å². The van der Waals surface area contributed by atoms with Gasteiger partial charge in [-0.2, -0.15) is 4.31 Å². The van der Waals surface area contributed by atoms with Crippen molar-refractivity contribution in [2.24, 2.45) is 0 Å². The molecule has 1 N–H and O–H groups in total. The number of ether oxygens (including phenoxy) is 2. The fraction of sp³-hybridized carbons (Fsp3) is 0.417. The van der Waals surface area contributed by atoms with E-state index in [1.807, 2.05) is 32.9 Å². The molecule has 1 fully saturated rings. The molecule has 2 aromatic carbocycles. The van der Waals surface area contributed by atoms with Crippen LogP contribution in [0.15, 0.2) is 35.2 Å². The van der Waals surface area contributed by atoms with Crippen LogP contribution in [-0.4, -0.2) is 57.0 Å². The summed E-state index contributed by atoms with van der Waals surface area (Å²) >= 11 is 0. The van der Waals surface area contributed by atoms with Gasteiger partial charge >= 0.3 is 5.97 Å². The van der Waals surface area contributed by atoms with Gasteiger partial charge in [0.15, 0.2) is 6.10 Å².